The van der Waals surface area contributed by atoms with E-state index < -0.39 is 20.0 Å². The Morgan fingerprint density at radius 2 is 1.69 bits per heavy atom. The molecule has 152 valence electrons. The van der Waals surface area contributed by atoms with Crippen LogP contribution in [0.25, 0.3) is 0 Å². The van der Waals surface area contributed by atoms with Crippen LogP contribution in [-0.4, -0.2) is 32.7 Å². The van der Waals surface area contributed by atoms with E-state index >= 15 is 0 Å². The highest BCUT2D eigenvalue weighted by atomic mass is 28.4. The molecule has 0 aliphatic heterocycles. The number of nitrogens with one attached hydrogen (secondary N) is 1. The second-order valence-electron chi connectivity index (χ2n) is 9.42. The van der Waals surface area contributed by atoms with Crippen molar-refractivity contribution in [2.24, 2.45) is 5.92 Å². The number of ether oxygens (including phenoxy) is 1. The number of carbonyl (C=O) groups is 1. The van der Waals surface area contributed by atoms with Gasteiger partial charge in [-0.3, -0.25) is 0 Å². The first-order valence-electron chi connectivity index (χ1n) is 9.67. The summed E-state index contributed by atoms with van der Waals surface area (Å²) in [5, 5.41) is 2.91. The molecule has 0 bridgehead atoms. The quantitative estimate of drug-likeness (QED) is 0.409. The molecule has 0 unspecified atom stereocenters. The van der Waals surface area contributed by atoms with Gasteiger partial charge in [-0.25, -0.2) is 4.79 Å². The normalized spacial score (nSPS) is 16.1. The smallest absolute Gasteiger partial charge is 0.407 e. The Morgan fingerprint density at radius 1 is 1.12 bits per heavy atom. The Bertz CT molecular complexity index is 484. The fourth-order valence-electron chi connectivity index (χ4n) is 1.87. The minimum absolute atomic E-state index is 0.115. The molecular weight excluding hydrogens is 342 g/mol. The minimum Gasteiger partial charge on any atom is -0.444 e. The molecule has 1 N–H and O–H groups in total. The van der Waals surface area contributed by atoms with Gasteiger partial charge in [0.2, 0.25) is 0 Å². The zero-order valence-corrected chi connectivity index (χ0v) is 19.6. The van der Waals surface area contributed by atoms with Crippen LogP contribution < -0.4 is 5.32 Å². The molecule has 0 rings (SSSR count). The van der Waals surface area contributed by atoms with Gasteiger partial charge in [0.1, 0.15) is 5.60 Å². The maximum atomic E-state index is 11.6. The van der Waals surface area contributed by atoms with Crippen LogP contribution in [0, 0.1) is 5.92 Å². The minimum atomic E-state index is -1.81. The van der Waals surface area contributed by atoms with Gasteiger partial charge < -0.3 is 14.5 Å². The molecule has 0 radical (unpaired) electrons. The summed E-state index contributed by atoms with van der Waals surface area (Å²) in [6.07, 6.45) is 8.80. The number of allylic oxidation sites excluding steroid dienone is 2. The largest absolute Gasteiger partial charge is 0.444 e. The molecule has 0 saturated heterocycles. The van der Waals surface area contributed by atoms with Crippen LogP contribution in [0.2, 0.25) is 18.1 Å². The summed E-state index contributed by atoms with van der Waals surface area (Å²) in [6, 6.07) is 0. The molecule has 2 atom stereocenters. The molecule has 0 fully saturated rings. The molecule has 4 nitrogen and oxygen atoms in total. The van der Waals surface area contributed by atoms with Gasteiger partial charge in [0.15, 0.2) is 8.32 Å². The van der Waals surface area contributed by atoms with Crippen LogP contribution in [0.1, 0.15) is 61.8 Å². The number of carbonyl (C=O) groups excluding carboxylic acids is 1. The van der Waals surface area contributed by atoms with Crippen molar-refractivity contribution in [3.05, 3.63) is 24.3 Å². The van der Waals surface area contributed by atoms with Crippen molar-refractivity contribution in [2.45, 2.75) is 91.6 Å². The number of hydrogen-bond acceptors (Lipinski definition) is 3. The highest BCUT2D eigenvalue weighted by molar-refractivity contribution is 6.74. The van der Waals surface area contributed by atoms with Crippen molar-refractivity contribution in [1.29, 1.82) is 0 Å². The predicted molar refractivity (Wildman–Crippen MR) is 114 cm³/mol. The van der Waals surface area contributed by atoms with Crippen LogP contribution in [0.3, 0.4) is 0 Å². The van der Waals surface area contributed by atoms with Crippen molar-refractivity contribution in [2.75, 3.05) is 6.54 Å². The monoisotopic (exact) mass is 383 g/mol. The first-order valence-corrected chi connectivity index (χ1v) is 12.6. The van der Waals surface area contributed by atoms with Crippen molar-refractivity contribution in [3.8, 4) is 0 Å². The third-order valence-electron chi connectivity index (χ3n) is 4.75. The van der Waals surface area contributed by atoms with Gasteiger partial charge in [0.05, 0.1) is 6.10 Å². The standard InChI is InChI=1S/C21H41NO3Si/c1-11-17(2)18(25-26(9,10)21(6,7)8)15-13-12-14-16-22-19(23)24-20(3,4)5/h12-15,17-18H,11,16H2,1-10H3,(H,22,23)/b14-12+,15-13+/t17-,18-/m1/s1. The average Bonchev–Trinajstić information content (AvgIpc) is 2.45. The Hall–Kier alpha value is -1.07. The molecule has 5 heteroatoms. The Labute approximate surface area is 162 Å². The van der Waals surface area contributed by atoms with E-state index in [1.807, 2.05) is 39.0 Å². The van der Waals surface area contributed by atoms with Crippen LogP contribution in [-0.2, 0) is 9.16 Å². The second kappa shape index (κ2) is 10.3. The molecular formula is C21H41NO3Si. The van der Waals surface area contributed by atoms with E-state index in [0.717, 1.165) is 6.42 Å². The lowest BCUT2D eigenvalue weighted by Gasteiger charge is -2.40. The molecule has 0 aromatic carbocycles. The van der Waals surface area contributed by atoms with Crippen molar-refractivity contribution < 1.29 is 14.0 Å². The van der Waals surface area contributed by atoms with E-state index in [1.54, 1.807) is 0 Å². The number of amides is 1. The maximum absolute atomic E-state index is 11.6. The van der Waals surface area contributed by atoms with Gasteiger partial charge in [-0.15, -0.1) is 0 Å². The van der Waals surface area contributed by atoms with Gasteiger partial charge in [-0.1, -0.05) is 65.3 Å². The Balaban J connectivity index is 4.67. The SMILES string of the molecule is CC[C@@H](C)[C@@H](/C=C/C=C/CNC(=O)OC(C)(C)C)O[Si](C)(C)C(C)(C)C. The van der Waals surface area contributed by atoms with Gasteiger partial charge in [-0.2, -0.15) is 0 Å². The number of rotatable bonds is 8. The second-order valence-corrected chi connectivity index (χ2v) is 14.2. The molecule has 0 aromatic heterocycles. The summed E-state index contributed by atoms with van der Waals surface area (Å²) in [4.78, 5) is 11.6. The highest BCUT2D eigenvalue weighted by Gasteiger charge is 2.39. The third-order valence-corrected chi connectivity index (χ3v) is 9.23. The van der Waals surface area contributed by atoms with Crippen LogP contribution in [0.4, 0.5) is 4.79 Å². The summed E-state index contributed by atoms with van der Waals surface area (Å²) >= 11 is 0. The zero-order valence-electron chi connectivity index (χ0n) is 18.6. The Morgan fingerprint density at radius 3 is 2.15 bits per heavy atom. The van der Waals surface area contributed by atoms with E-state index in [2.05, 4.69) is 59.1 Å². The Kier molecular flexibility index (Phi) is 9.88. The van der Waals surface area contributed by atoms with E-state index in [4.69, 9.17) is 9.16 Å². The third kappa shape index (κ3) is 10.2. The van der Waals surface area contributed by atoms with E-state index in [0.29, 0.717) is 12.5 Å². The fourth-order valence-corrected chi connectivity index (χ4v) is 3.22. The predicted octanol–water partition coefficient (Wildman–Crippen LogP) is 6.06. The summed E-state index contributed by atoms with van der Waals surface area (Å²) < 4.78 is 11.8. The molecule has 0 aliphatic rings. The molecule has 0 aliphatic carbocycles. The van der Waals surface area contributed by atoms with Gasteiger partial charge in [0.25, 0.3) is 0 Å². The highest BCUT2D eigenvalue weighted by Crippen LogP contribution is 2.38. The molecule has 0 aromatic rings. The number of hydrogen-bond donors (Lipinski definition) is 1. The van der Waals surface area contributed by atoms with Crippen molar-refractivity contribution in [1.82, 2.24) is 5.32 Å². The lowest BCUT2D eigenvalue weighted by Crippen LogP contribution is -2.44. The first kappa shape index (κ1) is 24.9. The van der Waals surface area contributed by atoms with Gasteiger partial charge >= 0.3 is 6.09 Å². The molecule has 0 spiro atoms. The van der Waals surface area contributed by atoms with Crippen LogP contribution >= 0.6 is 0 Å². The van der Waals surface area contributed by atoms with Gasteiger partial charge in [-0.05, 0) is 44.8 Å². The fraction of sp³-hybridized carbons (Fsp3) is 0.762. The van der Waals surface area contributed by atoms with Crippen LogP contribution in [0.5, 0.6) is 0 Å². The molecule has 0 heterocycles. The lowest BCUT2D eigenvalue weighted by molar-refractivity contribution is 0.0534. The topological polar surface area (TPSA) is 47.6 Å². The van der Waals surface area contributed by atoms with E-state index in [1.165, 1.54) is 0 Å². The number of alkyl carbamates (subject to hydrolysis) is 1. The first-order chi connectivity index (χ1) is 11.7. The van der Waals surface area contributed by atoms with E-state index in [-0.39, 0.29) is 11.1 Å². The van der Waals surface area contributed by atoms with Crippen molar-refractivity contribution in [3.63, 3.8) is 0 Å². The summed E-state index contributed by atoms with van der Waals surface area (Å²) in [5.74, 6) is 0.466. The van der Waals surface area contributed by atoms with Gasteiger partial charge in [0, 0.05) is 6.54 Å². The van der Waals surface area contributed by atoms with E-state index in [9.17, 15) is 4.79 Å². The summed E-state index contributed by atoms with van der Waals surface area (Å²) in [5.41, 5.74) is -0.474. The maximum Gasteiger partial charge on any atom is 0.407 e. The molecule has 26 heavy (non-hydrogen) atoms. The van der Waals surface area contributed by atoms with Crippen molar-refractivity contribution >= 4 is 14.4 Å². The van der Waals surface area contributed by atoms with Crippen LogP contribution in [0.15, 0.2) is 24.3 Å². The molecule has 0 saturated carbocycles. The zero-order chi connectivity index (χ0) is 20.6. The summed E-state index contributed by atoms with van der Waals surface area (Å²) in [7, 11) is -1.81. The lowest BCUT2D eigenvalue weighted by atomic mass is 10.0. The summed E-state index contributed by atoms with van der Waals surface area (Å²) in [6.45, 7) is 21.8. The average molecular weight is 384 g/mol. The molecule has 1 amide bonds.